The summed E-state index contributed by atoms with van der Waals surface area (Å²) < 4.78 is 0. The summed E-state index contributed by atoms with van der Waals surface area (Å²) in [6.45, 7) is 5.12. The van der Waals surface area contributed by atoms with Crippen LogP contribution in [0.3, 0.4) is 0 Å². The van der Waals surface area contributed by atoms with Crippen LogP contribution < -0.4 is 0 Å². The minimum Gasteiger partial charge on any atom is -0.165 e. The second-order valence-electron chi connectivity index (χ2n) is 0.781. The molecule has 0 aliphatic carbocycles. The zero-order valence-electron chi connectivity index (χ0n) is 3.40. The van der Waals surface area contributed by atoms with Crippen LogP contribution in [0.5, 0.6) is 0 Å². The summed E-state index contributed by atoms with van der Waals surface area (Å²) in [6, 6.07) is 0. The summed E-state index contributed by atoms with van der Waals surface area (Å²) in [6.07, 6.45) is 2.86. The molecule has 30 valence electrons. The first-order valence-electron chi connectivity index (χ1n) is 1.61. The lowest BCUT2D eigenvalue weighted by atomic mass is 10.6. The van der Waals surface area contributed by atoms with E-state index in [1.165, 1.54) is 0 Å². The van der Waals surface area contributed by atoms with Crippen molar-refractivity contribution in [1.82, 2.24) is 0 Å². The molecule has 0 unspecified atom stereocenters. The second kappa shape index (κ2) is 4.35. The highest BCUT2D eigenvalue weighted by molar-refractivity contribution is 7.98. The Hall–Kier alpha value is 0.350. The van der Waals surface area contributed by atoms with E-state index in [1.807, 2.05) is 6.26 Å². The van der Waals surface area contributed by atoms with Gasteiger partial charge < -0.3 is 0 Å². The molecule has 0 spiro atoms. The average Bonchev–Trinajstić information content (AvgIpc) is 1.41. The summed E-state index contributed by atoms with van der Waals surface area (Å²) >= 11 is 1.78. The van der Waals surface area contributed by atoms with Gasteiger partial charge in [0.1, 0.15) is 0 Å². The molecule has 0 aromatic heterocycles. The fraction of sp³-hybridized carbons (Fsp3) is 0.750. The molecule has 0 fully saturated rings. The fourth-order valence-corrected chi connectivity index (χ4v) is 0.354. The predicted molar refractivity (Wildman–Crippen MR) is 27.3 cm³/mol. The first-order valence-corrected chi connectivity index (χ1v) is 3.00. The maximum absolute atomic E-state index is 5.12. The highest BCUT2D eigenvalue weighted by Gasteiger charge is 1.68. The van der Waals surface area contributed by atoms with Gasteiger partial charge in [-0.3, -0.25) is 0 Å². The van der Waals surface area contributed by atoms with Crippen LogP contribution in [0.15, 0.2) is 0 Å². The first-order chi connectivity index (χ1) is 2.41. The molecule has 1 heteroatoms. The van der Waals surface area contributed by atoms with Crippen molar-refractivity contribution in [3.63, 3.8) is 0 Å². The molecule has 0 heterocycles. The van der Waals surface area contributed by atoms with Gasteiger partial charge in [-0.05, 0) is 25.4 Å². The van der Waals surface area contributed by atoms with Crippen molar-refractivity contribution in [3.8, 4) is 0 Å². The number of thioether (sulfide) groups is 1. The van der Waals surface area contributed by atoms with E-state index < -0.39 is 0 Å². The second-order valence-corrected chi connectivity index (χ2v) is 1.77. The minimum absolute atomic E-state index is 0.807. The topological polar surface area (TPSA) is 0 Å². The van der Waals surface area contributed by atoms with Crippen molar-refractivity contribution in [1.29, 1.82) is 0 Å². The summed E-state index contributed by atoms with van der Waals surface area (Å²) in [5, 5.41) is 0. The summed E-state index contributed by atoms with van der Waals surface area (Å²) in [5.74, 6) is 1.08. The minimum atomic E-state index is 0.807. The van der Waals surface area contributed by atoms with Gasteiger partial charge in [-0.1, -0.05) is 0 Å². The molecule has 2 radical (unpaired) electrons. The van der Waals surface area contributed by atoms with E-state index in [4.69, 9.17) is 6.92 Å². The Morgan fingerprint density at radius 1 is 1.80 bits per heavy atom. The Balaban J connectivity index is 2.19. The monoisotopic (exact) mass is 88.0 g/mol. The molecule has 0 atom stereocenters. The van der Waals surface area contributed by atoms with Crippen molar-refractivity contribution in [3.05, 3.63) is 6.92 Å². The maximum Gasteiger partial charge on any atom is -0.00675 e. The zero-order chi connectivity index (χ0) is 4.12. The standard InChI is InChI=1S/C4H8S/c1-3-4-5-2/h1H,3-4H2,2H3. The van der Waals surface area contributed by atoms with Gasteiger partial charge in [-0.25, -0.2) is 0 Å². The van der Waals surface area contributed by atoms with Crippen LogP contribution in [0.1, 0.15) is 6.42 Å². The van der Waals surface area contributed by atoms with E-state index in [0.29, 0.717) is 0 Å². The van der Waals surface area contributed by atoms with E-state index in [-0.39, 0.29) is 0 Å². The third-order valence-corrected chi connectivity index (χ3v) is 0.966. The Morgan fingerprint density at radius 2 is 2.40 bits per heavy atom. The Morgan fingerprint density at radius 3 is 2.40 bits per heavy atom. The van der Waals surface area contributed by atoms with Crippen molar-refractivity contribution in [2.75, 3.05) is 12.0 Å². The maximum atomic E-state index is 5.12. The van der Waals surface area contributed by atoms with Gasteiger partial charge >= 0.3 is 0 Å². The van der Waals surface area contributed by atoms with Crippen LogP contribution in [-0.2, 0) is 0 Å². The van der Waals surface area contributed by atoms with Gasteiger partial charge in [0.2, 0.25) is 0 Å². The first kappa shape index (κ1) is 5.35. The van der Waals surface area contributed by atoms with E-state index >= 15 is 0 Å². The van der Waals surface area contributed by atoms with Crippen LogP contribution in [-0.4, -0.2) is 12.0 Å². The Kier molecular flexibility index (Phi) is 4.65. The number of rotatable bonds is 2. The van der Waals surface area contributed by atoms with Gasteiger partial charge in [0, 0.05) is 0 Å². The molecular weight excluding hydrogens is 80.1 g/mol. The lowest BCUT2D eigenvalue weighted by Gasteiger charge is -1.79. The fourth-order valence-electron chi connectivity index (χ4n) is 0.118. The van der Waals surface area contributed by atoms with Crippen LogP contribution in [0.25, 0.3) is 0 Å². The summed E-state index contributed by atoms with van der Waals surface area (Å²) in [4.78, 5) is 0. The Labute approximate surface area is 38.0 Å². The van der Waals surface area contributed by atoms with E-state index in [2.05, 4.69) is 0 Å². The largest absolute Gasteiger partial charge is 0.165 e. The smallest absolute Gasteiger partial charge is 0.00675 e. The van der Waals surface area contributed by atoms with Gasteiger partial charge in [0.15, 0.2) is 0 Å². The third kappa shape index (κ3) is 4.35. The normalized spacial score (nSPS) is 8.40. The van der Waals surface area contributed by atoms with Crippen LogP contribution in [0, 0.1) is 6.92 Å². The lowest BCUT2D eigenvalue weighted by molar-refractivity contribution is 1.25. The molecule has 0 bridgehead atoms. The van der Waals surface area contributed by atoms with Gasteiger partial charge in [-0.15, -0.1) is 0 Å². The van der Waals surface area contributed by atoms with Crippen molar-refractivity contribution < 1.29 is 0 Å². The molecule has 0 aliphatic heterocycles. The van der Waals surface area contributed by atoms with E-state index in [9.17, 15) is 0 Å². The molecule has 0 amide bonds. The third-order valence-electron chi connectivity index (χ3n) is 0.322. The van der Waals surface area contributed by atoms with Gasteiger partial charge in [0.05, 0.1) is 0 Å². The zero-order valence-corrected chi connectivity index (χ0v) is 4.22. The van der Waals surface area contributed by atoms with Crippen molar-refractivity contribution in [2.24, 2.45) is 0 Å². The van der Waals surface area contributed by atoms with Crippen molar-refractivity contribution in [2.45, 2.75) is 6.42 Å². The molecule has 0 nitrogen and oxygen atoms in total. The van der Waals surface area contributed by atoms with Gasteiger partial charge in [-0.2, -0.15) is 11.8 Å². The van der Waals surface area contributed by atoms with E-state index in [0.717, 1.165) is 12.2 Å². The molecule has 0 rings (SSSR count). The summed E-state index contributed by atoms with van der Waals surface area (Å²) in [7, 11) is 0. The van der Waals surface area contributed by atoms with Crippen LogP contribution in [0.2, 0.25) is 0 Å². The number of hydrogen-bond donors (Lipinski definition) is 0. The predicted octanol–water partition coefficient (Wildman–Crippen LogP) is 1.45. The van der Waals surface area contributed by atoms with Crippen LogP contribution in [0.4, 0.5) is 0 Å². The lowest BCUT2D eigenvalue weighted by Crippen LogP contribution is -1.65. The SMILES string of the molecule is [CH]CCSC. The molecule has 0 saturated carbocycles. The highest BCUT2D eigenvalue weighted by Crippen LogP contribution is 1.91. The molecule has 0 aromatic carbocycles. The van der Waals surface area contributed by atoms with E-state index in [1.54, 1.807) is 11.8 Å². The van der Waals surface area contributed by atoms with Crippen LogP contribution >= 0.6 is 11.8 Å². The molecule has 0 N–H and O–H groups in total. The highest BCUT2D eigenvalue weighted by atomic mass is 32.2. The molecule has 0 aromatic rings. The molecule has 0 aliphatic rings. The molecule has 5 heavy (non-hydrogen) atoms. The molecule has 0 saturated heterocycles. The summed E-state index contributed by atoms with van der Waals surface area (Å²) in [5.41, 5.74) is 0. The number of hydrogen-bond acceptors (Lipinski definition) is 1. The van der Waals surface area contributed by atoms with Crippen molar-refractivity contribution >= 4 is 11.8 Å². The quantitative estimate of drug-likeness (QED) is 0.492. The average molecular weight is 88.2 g/mol. The Bertz CT molecular complexity index is 11.1. The molecular formula is C4H8S. The van der Waals surface area contributed by atoms with Gasteiger partial charge in [0.25, 0.3) is 0 Å².